The van der Waals surface area contributed by atoms with Crippen LogP contribution >= 0.6 is 0 Å². The van der Waals surface area contributed by atoms with Crippen LogP contribution in [0.25, 0.3) is 0 Å². The van der Waals surface area contributed by atoms with E-state index in [9.17, 15) is 22.7 Å². The van der Waals surface area contributed by atoms with Crippen molar-refractivity contribution in [3.63, 3.8) is 0 Å². The number of ether oxygens (including phenoxy) is 1. The number of anilines is 1. The van der Waals surface area contributed by atoms with E-state index in [-0.39, 0.29) is 36.0 Å². The van der Waals surface area contributed by atoms with Crippen LogP contribution in [-0.4, -0.2) is 36.7 Å². The number of nitrogens with zero attached hydrogens (tertiary/aromatic N) is 1. The smallest absolute Gasteiger partial charge is 0.229 e. The van der Waals surface area contributed by atoms with E-state index in [0.29, 0.717) is 23.4 Å². The number of pyridine rings is 1. The van der Waals surface area contributed by atoms with E-state index in [2.05, 4.69) is 25.5 Å². The molecule has 1 saturated carbocycles. The number of hydrogen-bond acceptors (Lipinski definition) is 6. The van der Waals surface area contributed by atoms with Crippen LogP contribution in [0.2, 0.25) is 0 Å². The minimum absolute atomic E-state index is 0.0784. The molecule has 3 rings (SSSR count). The van der Waals surface area contributed by atoms with E-state index in [1.807, 2.05) is 6.07 Å². The molecule has 2 aromatic rings. The molecule has 0 aliphatic heterocycles. The summed E-state index contributed by atoms with van der Waals surface area (Å²) in [5.41, 5.74) is 2.32. The van der Waals surface area contributed by atoms with E-state index in [1.54, 1.807) is 13.0 Å². The number of hydrogen-bond donors (Lipinski definition) is 2. The van der Waals surface area contributed by atoms with Crippen LogP contribution in [-0.2, 0) is 33.3 Å². The number of aliphatic hydroxyl groups excluding tert-OH is 1. The zero-order valence-corrected chi connectivity index (χ0v) is 22.5. The summed E-state index contributed by atoms with van der Waals surface area (Å²) in [4.78, 5) is 17.9. The first-order chi connectivity index (χ1) is 16.8. The van der Waals surface area contributed by atoms with E-state index in [0.717, 1.165) is 43.2 Å². The topological polar surface area (TPSA) is 106 Å². The molecule has 2 N–H and O–H groups in total. The van der Waals surface area contributed by atoms with Crippen LogP contribution in [0, 0.1) is 5.82 Å². The van der Waals surface area contributed by atoms with Gasteiger partial charge in [-0.1, -0.05) is 33.8 Å². The minimum atomic E-state index is -3.62. The Bertz CT molecular complexity index is 1200. The SMILES string of the molecule is CC(C(=O)CCc1c(CO)cc(C(C)(C)C)nc1OC1CCCC1)c1ccc(NS(C)(=O)=O)c(F)c1. The Morgan fingerprint density at radius 3 is 2.47 bits per heavy atom. The summed E-state index contributed by atoms with van der Waals surface area (Å²) in [5, 5.41) is 10.1. The number of carbonyl (C=O) groups excluding carboxylic acids is 1. The predicted octanol–water partition coefficient (Wildman–Crippen LogP) is 5.01. The number of aliphatic hydroxyl groups is 1. The van der Waals surface area contributed by atoms with Gasteiger partial charge in [0.25, 0.3) is 0 Å². The van der Waals surface area contributed by atoms with Gasteiger partial charge in [-0.25, -0.2) is 17.8 Å². The number of halogens is 1. The van der Waals surface area contributed by atoms with Crippen molar-refractivity contribution < 1.29 is 27.4 Å². The minimum Gasteiger partial charge on any atom is -0.474 e. The lowest BCUT2D eigenvalue weighted by atomic mass is 9.88. The second kappa shape index (κ2) is 11.3. The monoisotopic (exact) mass is 520 g/mol. The van der Waals surface area contributed by atoms with Crippen molar-refractivity contribution >= 4 is 21.5 Å². The summed E-state index contributed by atoms with van der Waals surface area (Å²) < 4.78 is 45.7. The molecular formula is C27H37FN2O5S. The maximum atomic E-state index is 14.4. The second-order valence-electron chi connectivity index (χ2n) is 10.7. The Labute approximate surface area is 213 Å². The fourth-order valence-corrected chi connectivity index (χ4v) is 4.95. The molecule has 1 aliphatic carbocycles. The van der Waals surface area contributed by atoms with Crippen LogP contribution < -0.4 is 9.46 Å². The first kappa shape index (κ1) is 28.1. The molecule has 1 fully saturated rings. The van der Waals surface area contributed by atoms with Crippen LogP contribution in [0.15, 0.2) is 24.3 Å². The van der Waals surface area contributed by atoms with Gasteiger partial charge in [-0.2, -0.15) is 0 Å². The highest BCUT2D eigenvalue weighted by atomic mass is 32.2. The van der Waals surface area contributed by atoms with Crippen LogP contribution in [0.3, 0.4) is 0 Å². The molecule has 1 heterocycles. The van der Waals surface area contributed by atoms with Gasteiger partial charge in [0.05, 0.1) is 24.2 Å². The Hall–Kier alpha value is -2.52. The highest BCUT2D eigenvalue weighted by Gasteiger charge is 2.26. The van der Waals surface area contributed by atoms with E-state index >= 15 is 0 Å². The fraction of sp³-hybridized carbons (Fsp3) is 0.556. The lowest BCUT2D eigenvalue weighted by Gasteiger charge is -2.24. The van der Waals surface area contributed by atoms with E-state index in [4.69, 9.17) is 9.72 Å². The highest BCUT2D eigenvalue weighted by molar-refractivity contribution is 7.92. The summed E-state index contributed by atoms with van der Waals surface area (Å²) in [7, 11) is -3.62. The van der Waals surface area contributed by atoms with Crippen molar-refractivity contribution in [2.24, 2.45) is 0 Å². The predicted molar refractivity (Wildman–Crippen MR) is 138 cm³/mol. The number of benzene rings is 1. The summed E-state index contributed by atoms with van der Waals surface area (Å²) in [6.07, 6.45) is 5.66. The molecule has 0 amide bonds. The van der Waals surface area contributed by atoms with Crippen LogP contribution in [0.5, 0.6) is 5.88 Å². The molecule has 9 heteroatoms. The second-order valence-corrected chi connectivity index (χ2v) is 12.4. The molecule has 36 heavy (non-hydrogen) atoms. The maximum absolute atomic E-state index is 14.4. The largest absolute Gasteiger partial charge is 0.474 e. The molecule has 1 unspecified atom stereocenters. The first-order valence-electron chi connectivity index (χ1n) is 12.4. The average molecular weight is 521 g/mol. The molecule has 0 spiro atoms. The Morgan fingerprint density at radius 1 is 1.25 bits per heavy atom. The summed E-state index contributed by atoms with van der Waals surface area (Å²) >= 11 is 0. The van der Waals surface area contributed by atoms with Crippen molar-refractivity contribution in [3.8, 4) is 5.88 Å². The highest BCUT2D eigenvalue weighted by Crippen LogP contribution is 2.33. The molecular weight excluding hydrogens is 483 g/mol. The van der Waals surface area contributed by atoms with Gasteiger partial charge in [-0.15, -0.1) is 0 Å². The first-order valence-corrected chi connectivity index (χ1v) is 14.3. The third-order valence-electron chi connectivity index (χ3n) is 6.59. The van der Waals surface area contributed by atoms with Gasteiger partial charge in [0.1, 0.15) is 17.7 Å². The number of nitrogens with one attached hydrogen (secondary N) is 1. The van der Waals surface area contributed by atoms with E-state index < -0.39 is 21.8 Å². The average Bonchev–Trinajstić information content (AvgIpc) is 3.30. The number of Topliss-reactive ketones (excluding diaryl/α,β-unsaturated/α-hetero) is 1. The number of aromatic nitrogens is 1. The van der Waals surface area contributed by atoms with E-state index in [1.165, 1.54) is 12.1 Å². The number of sulfonamides is 1. The fourth-order valence-electron chi connectivity index (χ4n) is 4.39. The molecule has 1 atom stereocenters. The molecule has 7 nitrogen and oxygen atoms in total. The number of ketones is 1. The Morgan fingerprint density at radius 2 is 1.92 bits per heavy atom. The summed E-state index contributed by atoms with van der Waals surface area (Å²) in [6, 6.07) is 5.94. The van der Waals surface area contributed by atoms with Crippen molar-refractivity contribution in [2.75, 3.05) is 11.0 Å². The molecule has 198 valence electrons. The molecule has 0 bridgehead atoms. The van der Waals surface area contributed by atoms with Gasteiger partial charge in [0.2, 0.25) is 15.9 Å². The normalized spacial score (nSPS) is 15.6. The molecule has 1 aromatic carbocycles. The lowest BCUT2D eigenvalue weighted by molar-refractivity contribution is -0.120. The van der Waals surface area contributed by atoms with Crippen LogP contribution in [0.1, 0.15) is 88.1 Å². The van der Waals surface area contributed by atoms with Gasteiger partial charge < -0.3 is 9.84 Å². The van der Waals surface area contributed by atoms with Gasteiger partial charge >= 0.3 is 0 Å². The zero-order valence-electron chi connectivity index (χ0n) is 21.7. The maximum Gasteiger partial charge on any atom is 0.229 e. The van der Waals surface area contributed by atoms with Crippen molar-refractivity contribution in [1.82, 2.24) is 4.98 Å². The van der Waals surface area contributed by atoms with Gasteiger partial charge in [-0.3, -0.25) is 9.52 Å². The van der Waals surface area contributed by atoms with Gasteiger partial charge in [0, 0.05) is 23.3 Å². The zero-order chi connectivity index (χ0) is 26.7. The number of rotatable bonds is 10. The number of carbonyl (C=O) groups is 1. The molecule has 0 radical (unpaired) electrons. The van der Waals surface area contributed by atoms with Gasteiger partial charge in [0.15, 0.2) is 0 Å². The molecule has 1 aromatic heterocycles. The quantitative estimate of drug-likeness (QED) is 0.456. The standard InChI is InChI=1S/C27H37FN2O5S/c1-17(18-10-12-23(22(28)14-18)30-36(5,33)34)24(32)13-11-21-19(16-31)15-25(27(2,3)4)29-26(21)35-20-8-6-7-9-20/h10,12,14-15,17,20,30-31H,6-9,11,13,16H2,1-5H3. The Balaban J connectivity index is 1.81. The van der Waals surface area contributed by atoms with Crippen molar-refractivity contribution in [2.45, 2.75) is 90.3 Å². The summed E-state index contributed by atoms with van der Waals surface area (Å²) in [5.74, 6) is -0.949. The molecule has 0 saturated heterocycles. The third kappa shape index (κ3) is 7.26. The lowest BCUT2D eigenvalue weighted by Crippen LogP contribution is -2.20. The van der Waals surface area contributed by atoms with Crippen molar-refractivity contribution in [1.29, 1.82) is 0 Å². The van der Waals surface area contributed by atoms with Crippen LogP contribution in [0.4, 0.5) is 10.1 Å². The van der Waals surface area contributed by atoms with Crippen molar-refractivity contribution in [3.05, 3.63) is 52.5 Å². The van der Waals surface area contributed by atoms with Gasteiger partial charge in [-0.05, 0) is 61.4 Å². The third-order valence-corrected chi connectivity index (χ3v) is 7.18. The Kier molecular flexibility index (Phi) is 8.77. The summed E-state index contributed by atoms with van der Waals surface area (Å²) in [6.45, 7) is 7.67. The molecule has 1 aliphatic rings.